The van der Waals surface area contributed by atoms with E-state index in [0.29, 0.717) is 5.02 Å². The maximum absolute atomic E-state index is 5.80. The molecule has 0 bridgehead atoms. The van der Waals surface area contributed by atoms with Gasteiger partial charge in [0.1, 0.15) is 0 Å². The molecule has 0 aromatic carbocycles. The van der Waals surface area contributed by atoms with Crippen molar-refractivity contribution in [3.05, 3.63) is 39.3 Å². The number of pyridine rings is 1. The second-order valence-corrected chi connectivity index (χ2v) is 4.37. The van der Waals surface area contributed by atoms with Gasteiger partial charge in [-0.15, -0.1) is 11.3 Å². The molecule has 0 fully saturated rings. The van der Waals surface area contributed by atoms with Gasteiger partial charge in [0.15, 0.2) is 0 Å². The van der Waals surface area contributed by atoms with E-state index in [9.17, 15) is 0 Å². The lowest BCUT2D eigenvalue weighted by atomic mass is 10.2. The molecule has 2 heterocycles. The highest BCUT2D eigenvalue weighted by Gasteiger charge is 2.02. The van der Waals surface area contributed by atoms with Gasteiger partial charge in [-0.05, 0) is 12.1 Å². The number of nitrogens with zero attached hydrogens (tertiary/aromatic N) is 1. The SMILES string of the molecule is Clc1cncc(-c2[c]sc(Cl)c2)c1. The molecular formula is C9H4Cl2NS. The van der Waals surface area contributed by atoms with E-state index in [0.717, 1.165) is 15.5 Å². The van der Waals surface area contributed by atoms with E-state index in [1.54, 1.807) is 12.4 Å². The average molecular weight is 229 g/mol. The largest absolute Gasteiger partial charge is 0.263 e. The van der Waals surface area contributed by atoms with Gasteiger partial charge in [-0.2, -0.15) is 0 Å². The summed E-state index contributed by atoms with van der Waals surface area (Å²) in [5.74, 6) is 0. The molecule has 0 saturated carbocycles. The van der Waals surface area contributed by atoms with Crippen molar-refractivity contribution < 1.29 is 0 Å². The molecule has 0 aliphatic heterocycles. The third-order valence-corrected chi connectivity index (χ3v) is 2.71. The summed E-state index contributed by atoms with van der Waals surface area (Å²) in [6.45, 7) is 0. The Morgan fingerprint density at radius 1 is 1.23 bits per heavy atom. The summed E-state index contributed by atoms with van der Waals surface area (Å²) in [5, 5.41) is 3.68. The van der Waals surface area contributed by atoms with Gasteiger partial charge in [0, 0.05) is 23.5 Å². The molecule has 0 spiro atoms. The fourth-order valence-electron chi connectivity index (χ4n) is 0.978. The summed E-state index contributed by atoms with van der Waals surface area (Å²) in [6, 6.07) is 3.68. The third-order valence-electron chi connectivity index (χ3n) is 1.53. The van der Waals surface area contributed by atoms with Crippen molar-refractivity contribution >= 4 is 34.5 Å². The average Bonchev–Trinajstić information content (AvgIpc) is 2.52. The zero-order valence-corrected chi connectivity index (χ0v) is 8.75. The molecule has 2 aromatic rings. The Morgan fingerprint density at radius 3 is 2.69 bits per heavy atom. The Bertz CT molecular complexity index is 425. The van der Waals surface area contributed by atoms with Crippen LogP contribution in [0.1, 0.15) is 0 Å². The Hall–Kier alpha value is -0.570. The van der Waals surface area contributed by atoms with E-state index in [1.165, 1.54) is 11.3 Å². The summed E-state index contributed by atoms with van der Waals surface area (Å²) in [6.07, 6.45) is 3.33. The Kier molecular flexibility index (Phi) is 2.54. The minimum absolute atomic E-state index is 0.619. The van der Waals surface area contributed by atoms with Crippen molar-refractivity contribution in [3.63, 3.8) is 0 Å². The van der Waals surface area contributed by atoms with Crippen molar-refractivity contribution in [2.24, 2.45) is 0 Å². The highest BCUT2D eigenvalue weighted by molar-refractivity contribution is 7.14. The van der Waals surface area contributed by atoms with Crippen molar-refractivity contribution in [2.75, 3.05) is 0 Å². The first kappa shape index (κ1) is 9.00. The summed E-state index contributed by atoms with van der Waals surface area (Å²) < 4.78 is 0.718. The van der Waals surface area contributed by atoms with Crippen molar-refractivity contribution in [1.29, 1.82) is 0 Å². The lowest BCUT2D eigenvalue weighted by Crippen LogP contribution is -1.76. The van der Waals surface area contributed by atoms with Crippen LogP contribution in [0.2, 0.25) is 9.36 Å². The molecular weight excluding hydrogens is 225 g/mol. The highest BCUT2D eigenvalue weighted by atomic mass is 35.5. The van der Waals surface area contributed by atoms with Crippen LogP contribution in [0.15, 0.2) is 24.5 Å². The van der Waals surface area contributed by atoms with Crippen LogP contribution >= 0.6 is 34.5 Å². The van der Waals surface area contributed by atoms with Gasteiger partial charge < -0.3 is 0 Å². The van der Waals surface area contributed by atoms with E-state index < -0.39 is 0 Å². The molecule has 0 atom stereocenters. The Balaban J connectivity index is 2.46. The summed E-state index contributed by atoms with van der Waals surface area (Å²) in [7, 11) is 0. The quantitative estimate of drug-likeness (QED) is 0.722. The topological polar surface area (TPSA) is 12.9 Å². The van der Waals surface area contributed by atoms with E-state index in [4.69, 9.17) is 23.2 Å². The van der Waals surface area contributed by atoms with Gasteiger partial charge in [0.25, 0.3) is 0 Å². The molecule has 0 N–H and O–H groups in total. The number of halogens is 2. The first-order chi connectivity index (χ1) is 6.25. The van der Waals surface area contributed by atoms with Crippen molar-refractivity contribution in [3.8, 4) is 11.1 Å². The van der Waals surface area contributed by atoms with E-state index in [2.05, 4.69) is 10.4 Å². The molecule has 2 rings (SSSR count). The molecule has 0 saturated heterocycles. The number of rotatable bonds is 1. The standard InChI is InChI=1S/C9H4Cl2NS/c10-8-1-6(3-12-4-8)7-2-9(11)13-5-7/h1-4H. The lowest BCUT2D eigenvalue weighted by Gasteiger charge is -1.95. The summed E-state index contributed by atoms with van der Waals surface area (Å²) >= 11 is 13.0. The molecule has 13 heavy (non-hydrogen) atoms. The third kappa shape index (κ3) is 2.02. The van der Waals surface area contributed by atoms with Crippen LogP contribution < -0.4 is 0 Å². The second-order valence-electron chi connectivity index (χ2n) is 2.46. The van der Waals surface area contributed by atoms with E-state index in [1.807, 2.05) is 12.1 Å². The Labute approximate surface area is 90.0 Å². The van der Waals surface area contributed by atoms with Crippen LogP contribution in [0.4, 0.5) is 0 Å². The van der Waals surface area contributed by atoms with Crippen molar-refractivity contribution in [1.82, 2.24) is 4.98 Å². The molecule has 0 unspecified atom stereocenters. The van der Waals surface area contributed by atoms with Gasteiger partial charge >= 0.3 is 0 Å². The van der Waals surface area contributed by atoms with Gasteiger partial charge in [0.2, 0.25) is 0 Å². The van der Waals surface area contributed by atoms with Gasteiger partial charge in [-0.3, -0.25) is 4.98 Å². The number of hydrogen-bond donors (Lipinski definition) is 0. The number of aromatic nitrogens is 1. The molecule has 65 valence electrons. The molecule has 1 nitrogen and oxygen atoms in total. The van der Waals surface area contributed by atoms with Crippen LogP contribution in [-0.2, 0) is 0 Å². The van der Waals surface area contributed by atoms with Gasteiger partial charge in [-0.25, -0.2) is 0 Å². The molecule has 0 aliphatic carbocycles. The lowest BCUT2D eigenvalue weighted by molar-refractivity contribution is 1.33. The molecule has 1 radical (unpaired) electrons. The molecule has 0 aliphatic rings. The fraction of sp³-hybridized carbons (Fsp3) is 0. The van der Waals surface area contributed by atoms with Crippen LogP contribution in [0, 0.1) is 5.38 Å². The van der Waals surface area contributed by atoms with Crippen molar-refractivity contribution in [2.45, 2.75) is 0 Å². The fourth-order valence-corrected chi connectivity index (χ4v) is 1.94. The maximum atomic E-state index is 5.80. The summed E-state index contributed by atoms with van der Waals surface area (Å²) in [4.78, 5) is 3.98. The monoisotopic (exact) mass is 228 g/mol. The van der Waals surface area contributed by atoms with Crippen LogP contribution in [-0.4, -0.2) is 4.98 Å². The zero-order valence-electron chi connectivity index (χ0n) is 6.42. The van der Waals surface area contributed by atoms with E-state index in [-0.39, 0.29) is 0 Å². The molecule has 2 aromatic heterocycles. The van der Waals surface area contributed by atoms with Gasteiger partial charge in [-0.1, -0.05) is 23.2 Å². The highest BCUT2D eigenvalue weighted by Crippen LogP contribution is 2.28. The number of hydrogen-bond acceptors (Lipinski definition) is 2. The minimum Gasteiger partial charge on any atom is -0.263 e. The molecule has 4 heteroatoms. The van der Waals surface area contributed by atoms with Crippen LogP contribution in [0.5, 0.6) is 0 Å². The smallest absolute Gasteiger partial charge is 0.0941 e. The predicted molar refractivity (Wildman–Crippen MR) is 56.4 cm³/mol. The van der Waals surface area contributed by atoms with Crippen LogP contribution in [0.25, 0.3) is 11.1 Å². The predicted octanol–water partition coefficient (Wildman–Crippen LogP) is 3.92. The second kappa shape index (κ2) is 3.66. The first-order valence-corrected chi connectivity index (χ1v) is 5.11. The van der Waals surface area contributed by atoms with E-state index >= 15 is 0 Å². The normalized spacial score (nSPS) is 10.3. The molecule has 0 amide bonds. The van der Waals surface area contributed by atoms with Crippen LogP contribution in [0.3, 0.4) is 0 Å². The summed E-state index contributed by atoms with van der Waals surface area (Å²) in [5.41, 5.74) is 1.88. The zero-order chi connectivity index (χ0) is 9.26. The maximum Gasteiger partial charge on any atom is 0.0941 e. The number of thiophene rings is 1. The van der Waals surface area contributed by atoms with Gasteiger partial charge in [0.05, 0.1) is 14.7 Å². The first-order valence-electron chi connectivity index (χ1n) is 3.53. The Morgan fingerprint density at radius 2 is 2.08 bits per heavy atom. The minimum atomic E-state index is 0.619.